The lowest BCUT2D eigenvalue weighted by Gasteiger charge is -2.22. The standard InChI is InChI=1S/C8H10OS2/c1-5-4-7(9)6-2-3-10-8(6)11-5/h2-3,5,7,9H,4H2,1H3/t5-,7-/m0/s1. The fraction of sp³-hybridized carbons (Fsp3) is 0.500. The normalized spacial score (nSPS) is 30.0. The number of thiophene rings is 1. The highest BCUT2D eigenvalue weighted by atomic mass is 32.2. The summed E-state index contributed by atoms with van der Waals surface area (Å²) >= 11 is 3.62. The van der Waals surface area contributed by atoms with Crippen LogP contribution in [0.2, 0.25) is 0 Å². The lowest BCUT2D eigenvalue weighted by atomic mass is 10.1. The van der Waals surface area contributed by atoms with Gasteiger partial charge in [0.05, 0.1) is 10.3 Å². The summed E-state index contributed by atoms with van der Waals surface area (Å²) in [6, 6.07) is 2.03. The topological polar surface area (TPSA) is 20.2 Å². The monoisotopic (exact) mass is 186 g/mol. The van der Waals surface area contributed by atoms with Gasteiger partial charge in [-0.25, -0.2) is 0 Å². The molecule has 2 atom stereocenters. The summed E-state index contributed by atoms with van der Waals surface area (Å²) in [5, 5.41) is 12.2. The van der Waals surface area contributed by atoms with Gasteiger partial charge in [0.2, 0.25) is 0 Å². The Hall–Kier alpha value is 0.01000. The van der Waals surface area contributed by atoms with Gasteiger partial charge in [0.1, 0.15) is 0 Å². The number of aliphatic hydroxyl groups excluding tert-OH is 1. The van der Waals surface area contributed by atoms with Gasteiger partial charge in [-0.15, -0.1) is 23.1 Å². The Morgan fingerprint density at radius 3 is 3.27 bits per heavy atom. The summed E-state index contributed by atoms with van der Waals surface area (Å²) in [7, 11) is 0. The van der Waals surface area contributed by atoms with Crippen LogP contribution in [0.4, 0.5) is 0 Å². The van der Waals surface area contributed by atoms with Crippen molar-refractivity contribution < 1.29 is 5.11 Å². The van der Waals surface area contributed by atoms with Crippen molar-refractivity contribution in [2.24, 2.45) is 0 Å². The summed E-state index contributed by atoms with van der Waals surface area (Å²) < 4.78 is 1.30. The van der Waals surface area contributed by atoms with Crippen LogP contribution >= 0.6 is 23.1 Å². The Bertz CT molecular complexity index is 256. The molecule has 1 aromatic rings. The molecule has 0 radical (unpaired) electrons. The second-order valence-corrected chi connectivity index (χ2v) is 5.47. The third kappa shape index (κ3) is 1.33. The zero-order valence-electron chi connectivity index (χ0n) is 6.28. The van der Waals surface area contributed by atoms with Crippen molar-refractivity contribution in [1.29, 1.82) is 0 Å². The lowest BCUT2D eigenvalue weighted by molar-refractivity contribution is 0.164. The van der Waals surface area contributed by atoms with E-state index < -0.39 is 0 Å². The highest BCUT2D eigenvalue weighted by molar-refractivity contribution is 8.01. The van der Waals surface area contributed by atoms with E-state index >= 15 is 0 Å². The van der Waals surface area contributed by atoms with Gasteiger partial charge in [-0.2, -0.15) is 0 Å². The van der Waals surface area contributed by atoms with Crippen LogP contribution < -0.4 is 0 Å². The molecule has 60 valence electrons. The van der Waals surface area contributed by atoms with E-state index in [1.165, 1.54) is 4.21 Å². The number of hydrogen-bond donors (Lipinski definition) is 1. The molecule has 1 nitrogen and oxygen atoms in total. The van der Waals surface area contributed by atoms with E-state index in [0.29, 0.717) is 5.25 Å². The second kappa shape index (κ2) is 2.81. The van der Waals surface area contributed by atoms with Gasteiger partial charge in [-0.3, -0.25) is 0 Å². The molecular weight excluding hydrogens is 176 g/mol. The molecule has 0 aromatic carbocycles. The smallest absolute Gasteiger partial charge is 0.0819 e. The molecule has 0 aliphatic carbocycles. The molecule has 11 heavy (non-hydrogen) atoms. The molecule has 0 fully saturated rings. The van der Waals surface area contributed by atoms with Crippen LogP contribution in [0.5, 0.6) is 0 Å². The van der Waals surface area contributed by atoms with Gasteiger partial charge in [0.25, 0.3) is 0 Å². The van der Waals surface area contributed by atoms with Crippen LogP contribution in [0.1, 0.15) is 25.0 Å². The Kier molecular flexibility index (Phi) is 1.95. The maximum Gasteiger partial charge on any atom is 0.0819 e. The molecule has 2 rings (SSSR count). The number of rotatable bonds is 0. The summed E-state index contributed by atoms with van der Waals surface area (Å²) in [5.41, 5.74) is 1.14. The summed E-state index contributed by atoms with van der Waals surface area (Å²) in [6.07, 6.45) is 0.682. The van der Waals surface area contributed by atoms with Gasteiger partial charge >= 0.3 is 0 Å². The lowest BCUT2D eigenvalue weighted by Crippen LogP contribution is -2.10. The second-order valence-electron chi connectivity index (χ2n) is 2.84. The van der Waals surface area contributed by atoms with E-state index in [9.17, 15) is 5.11 Å². The number of thioether (sulfide) groups is 1. The van der Waals surface area contributed by atoms with Crippen LogP contribution in [-0.2, 0) is 0 Å². The molecule has 0 bridgehead atoms. The first-order valence-corrected chi connectivity index (χ1v) is 5.45. The largest absolute Gasteiger partial charge is 0.388 e. The van der Waals surface area contributed by atoms with Crippen LogP contribution in [0.25, 0.3) is 0 Å². The fourth-order valence-electron chi connectivity index (χ4n) is 1.32. The zero-order chi connectivity index (χ0) is 7.84. The molecule has 0 saturated carbocycles. The summed E-state index contributed by atoms with van der Waals surface area (Å²) in [5.74, 6) is 0. The van der Waals surface area contributed by atoms with E-state index in [-0.39, 0.29) is 6.10 Å². The maximum atomic E-state index is 9.61. The highest BCUT2D eigenvalue weighted by Crippen LogP contribution is 2.43. The Balaban J connectivity index is 2.36. The number of fused-ring (bicyclic) bond motifs is 1. The molecule has 0 spiro atoms. The van der Waals surface area contributed by atoms with Gasteiger partial charge in [0.15, 0.2) is 0 Å². The van der Waals surface area contributed by atoms with Crippen molar-refractivity contribution >= 4 is 23.1 Å². The molecule has 2 heterocycles. The van der Waals surface area contributed by atoms with Gasteiger partial charge in [-0.1, -0.05) is 6.92 Å². The molecule has 0 saturated heterocycles. The molecule has 1 aliphatic rings. The van der Waals surface area contributed by atoms with E-state index in [4.69, 9.17) is 0 Å². The maximum absolute atomic E-state index is 9.61. The third-order valence-corrected chi connectivity index (χ3v) is 4.22. The quantitative estimate of drug-likeness (QED) is 0.672. The van der Waals surface area contributed by atoms with E-state index in [1.54, 1.807) is 11.3 Å². The first-order valence-electron chi connectivity index (χ1n) is 3.69. The van der Waals surface area contributed by atoms with E-state index in [1.807, 2.05) is 17.8 Å². The average Bonchev–Trinajstić information content (AvgIpc) is 2.34. The minimum atomic E-state index is -0.215. The van der Waals surface area contributed by atoms with Crippen LogP contribution in [-0.4, -0.2) is 10.4 Å². The van der Waals surface area contributed by atoms with Crippen molar-refractivity contribution in [3.8, 4) is 0 Å². The van der Waals surface area contributed by atoms with Crippen molar-refractivity contribution in [2.75, 3.05) is 0 Å². The molecule has 0 unspecified atom stereocenters. The highest BCUT2D eigenvalue weighted by Gasteiger charge is 2.23. The van der Waals surface area contributed by atoms with Crippen molar-refractivity contribution in [3.63, 3.8) is 0 Å². The Labute approximate surface area is 74.4 Å². The first-order chi connectivity index (χ1) is 5.27. The molecule has 0 amide bonds. The van der Waals surface area contributed by atoms with Gasteiger partial charge < -0.3 is 5.11 Å². The third-order valence-electron chi connectivity index (χ3n) is 1.88. The molecule has 1 aromatic heterocycles. The van der Waals surface area contributed by atoms with Crippen LogP contribution in [0, 0.1) is 0 Å². The fourth-order valence-corrected chi connectivity index (χ4v) is 3.86. The Morgan fingerprint density at radius 2 is 2.45 bits per heavy atom. The summed E-state index contributed by atoms with van der Waals surface area (Å²) in [4.78, 5) is 0. The van der Waals surface area contributed by atoms with Crippen molar-refractivity contribution in [1.82, 2.24) is 0 Å². The SMILES string of the molecule is C[C@H]1C[C@H](O)c2ccsc2S1. The first kappa shape index (κ1) is 7.65. The van der Waals surface area contributed by atoms with E-state index in [2.05, 4.69) is 12.3 Å². The predicted molar refractivity (Wildman–Crippen MR) is 49.2 cm³/mol. The zero-order valence-corrected chi connectivity index (χ0v) is 7.91. The van der Waals surface area contributed by atoms with E-state index in [0.717, 1.165) is 12.0 Å². The predicted octanol–water partition coefficient (Wildman–Crippen LogP) is 2.67. The van der Waals surface area contributed by atoms with Crippen LogP contribution in [0.3, 0.4) is 0 Å². The Morgan fingerprint density at radius 1 is 1.64 bits per heavy atom. The molecule has 3 heteroatoms. The van der Waals surface area contributed by atoms with Crippen molar-refractivity contribution in [3.05, 3.63) is 17.0 Å². The molecular formula is C8H10OS2. The van der Waals surface area contributed by atoms with Gasteiger partial charge in [0, 0.05) is 10.8 Å². The average molecular weight is 186 g/mol. The summed E-state index contributed by atoms with van der Waals surface area (Å²) in [6.45, 7) is 2.16. The number of hydrogen-bond acceptors (Lipinski definition) is 3. The van der Waals surface area contributed by atoms with Crippen LogP contribution in [0.15, 0.2) is 15.7 Å². The molecule has 1 N–H and O–H groups in total. The molecule has 1 aliphatic heterocycles. The minimum Gasteiger partial charge on any atom is -0.388 e. The number of aliphatic hydroxyl groups is 1. The minimum absolute atomic E-state index is 0.215. The van der Waals surface area contributed by atoms with Crippen molar-refractivity contribution in [2.45, 2.75) is 28.9 Å². The van der Waals surface area contributed by atoms with Gasteiger partial charge in [-0.05, 0) is 17.9 Å².